The molecule has 1 saturated carbocycles. The molecule has 21 heavy (non-hydrogen) atoms. The fourth-order valence-corrected chi connectivity index (χ4v) is 3.00. The first-order valence-electron chi connectivity index (χ1n) is 7.50. The van der Waals surface area contributed by atoms with E-state index in [4.69, 9.17) is 0 Å². The molecule has 1 aliphatic carbocycles. The van der Waals surface area contributed by atoms with Gasteiger partial charge in [0.1, 0.15) is 11.2 Å². The lowest BCUT2D eigenvalue weighted by atomic mass is 10.1. The highest BCUT2D eigenvalue weighted by atomic mass is 16.2. The topological polar surface area (TPSA) is 64.0 Å². The van der Waals surface area contributed by atoms with Crippen molar-refractivity contribution in [2.75, 3.05) is 0 Å². The number of nitrogens with one attached hydrogen (secondary N) is 1. The highest BCUT2D eigenvalue weighted by Gasteiger charge is 2.21. The number of hydrogen-bond acceptors (Lipinski definition) is 3. The lowest BCUT2D eigenvalue weighted by Crippen LogP contribution is -2.37. The van der Waals surface area contributed by atoms with Crippen LogP contribution < -0.4 is 10.9 Å². The van der Waals surface area contributed by atoms with Crippen LogP contribution in [0.1, 0.15) is 43.0 Å². The fourth-order valence-electron chi connectivity index (χ4n) is 3.00. The normalized spacial score (nSPS) is 15.5. The second kappa shape index (κ2) is 5.68. The van der Waals surface area contributed by atoms with Crippen LogP contribution in [0.3, 0.4) is 0 Å². The molecule has 2 heterocycles. The monoisotopic (exact) mass is 285 g/mol. The van der Waals surface area contributed by atoms with Crippen molar-refractivity contribution in [2.45, 2.75) is 45.2 Å². The first-order valence-corrected chi connectivity index (χ1v) is 7.50. The zero-order chi connectivity index (χ0) is 14.8. The van der Waals surface area contributed by atoms with Gasteiger partial charge in [-0.25, -0.2) is 4.98 Å². The molecule has 0 radical (unpaired) electrons. The van der Waals surface area contributed by atoms with E-state index in [1.54, 1.807) is 16.8 Å². The summed E-state index contributed by atoms with van der Waals surface area (Å²) in [5, 5.41) is 3.79. The van der Waals surface area contributed by atoms with Crippen molar-refractivity contribution in [1.29, 1.82) is 0 Å². The summed E-state index contributed by atoms with van der Waals surface area (Å²) in [5.74, 6) is -0.264. The number of aryl methyl sites for hydroxylation is 1. The van der Waals surface area contributed by atoms with Gasteiger partial charge in [0.2, 0.25) is 0 Å². The first kappa shape index (κ1) is 13.8. The second-order valence-electron chi connectivity index (χ2n) is 5.48. The standard InChI is InChI=1S/C16H19N3O2/c1-2-19-14-11(6-5-9-17-14)10-13(16(19)21)15(20)18-12-7-3-4-8-12/h5-6,9-10,12H,2-4,7-8H2,1H3,(H,18,20). The van der Waals surface area contributed by atoms with Crippen molar-refractivity contribution >= 4 is 16.9 Å². The Balaban J connectivity index is 2.03. The molecule has 1 fully saturated rings. The van der Waals surface area contributed by atoms with Crippen LogP contribution in [-0.4, -0.2) is 21.5 Å². The molecular weight excluding hydrogens is 266 g/mol. The number of aromatic nitrogens is 2. The predicted octanol–water partition coefficient (Wildman–Crippen LogP) is 2.09. The Morgan fingerprint density at radius 2 is 2.19 bits per heavy atom. The molecule has 1 amide bonds. The van der Waals surface area contributed by atoms with Gasteiger partial charge in [0.25, 0.3) is 11.5 Å². The van der Waals surface area contributed by atoms with E-state index in [9.17, 15) is 9.59 Å². The lowest BCUT2D eigenvalue weighted by molar-refractivity contribution is 0.0936. The summed E-state index contributed by atoms with van der Waals surface area (Å²) in [6, 6.07) is 5.55. The van der Waals surface area contributed by atoms with Crippen LogP contribution in [-0.2, 0) is 6.54 Å². The number of amides is 1. The van der Waals surface area contributed by atoms with E-state index in [0.717, 1.165) is 31.1 Å². The van der Waals surface area contributed by atoms with E-state index < -0.39 is 0 Å². The van der Waals surface area contributed by atoms with Crippen LogP contribution in [0.5, 0.6) is 0 Å². The molecule has 0 aromatic carbocycles. The van der Waals surface area contributed by atoms with Crippen LogP contribution in [0.15, 0.2) is 29.2 Å². The van der Waals surface area contributed by atoms with E-state index in [1.807, 2.05) is 19.1 Å². The molecule has 3 rings (SSSR count). The third-order valence-corrected chi connectivity index (χ3v) is 4.10. The van der Waals surface area contributed by atoms with Crippen molar-refractivity contribution in [2.24, 2.45) is 0 Å². The van der Waals surface area contributed by atoms with Gasteiger partial charge in [-0.15, -0.1) is 0 Å². The van der Waals surface area contributed by atoms with E-state index in [1.165, 1.54) is 0 Å². The largest absolute Gasteiger partial charge is 0.349 e. The molecule has 5 nitrogen and oxygen atoms in total. The molecule has 5 heteroatoms. The lowest BCUT2D eigenvalue weighted by Gasteiger charge is -2.13. The molecular formula is C16H19N3O2. The summed E-state index contributed by atoms with van der Waals surface area (Å²) < 4.78 is 1.55. The van der Waals surface area contributed by atoms with Gasteiger partial charge < -0.3 is 5.32 Å². The molecule has 1 aliphatic rings. The van der Waals surface area contributed by atoms with Crippen molar-refractivity contribution in [3.63, 3.8) is 0 Å². The maximum atomic E-state index is 12.5. The Bertz CT molecular complexity index is 730. The van der Waals surface area contributed by atoms with Crippen molar-refractivity contribution in [1.82, 2.24) is 14.9 Å². The number of carbonyl (C=O) groups excluding carboxylic acids is 1. The summed E-state index contributed by atoms with van der Waals surface area (Å²) >= 11 is 0. The Labute approximate surface area is 123 Å². The summed E-state index contributed by atoms with van der Waals surface area (Å²) in [7, 11) is 0. The third kappa shape index (κ3) is 2.55. The predicted molar refractivity (Wildman–Crippen MR) is 81.4 cm³/mol. The number of hydrogen-bond donors (Lipinski definition) is 1. The van der Waals surface area contributed by atoms with Gasteiger partial charge in [0.15, 0.2) is 0 Å². The molecule has 2 aromatic heterocycles. The van der Waals surface area contributed by atoms with Crippen molar-refractivity contribution in [3.05, 3.63) is 40.3 Å². The van der Waals surface area contributed by atoms with Gasteiger partial charge in [0, 0.05) is 24.2 Å². The average molecular weight is 285 g/mol. The van der Waals surface area contributed by atoms with Gasteiger partial charge in [-0.05, 0) is 38.0 Å². The summed E-state index contributed by atoms with van der Waals surface area (Å²) in [6.45, 7) is 2.38. The zero-order valence-corrected chi connectivity index (χ0v) is 12.1. The molecule has 0 unspecified atom stereocenters. The minimum atomic E-state index is -0.265. The molecule has 0 saturated heterocycles. The number of carbonyl (C=O) groups is 1. The fraction of sp³-hybridized carbons (Fsp3) is 0.438. The van der Waals surface area contributed by atoms with E-state index in [2.05, 4.69) is 10.3 Å². The van der Waals surface area contributed by atoms with Gasteiger partial charge in [0.05, 0.1) is 0 Å². The van der Waals surface area contributed by atoms with E-state index >= 15 is 0 Å². The van der Waals surface area contributed by atoms with Gasteiger partial charge >= 0.3 is 0 Å². The maximum Gasteiger partial charge on any atom is 0.265 e. The minimum absolute atomic E-state index is 0.205. The zero-order valence-electron chi connectivity index (χ0n) is 12.1. The number of pyridine rings is 2. The quantitative estimate of drug-likeness (QED) is 0.939. The molecule has 2 aromatic rings. The average Bonchev–Trinajstić information content (AvgIpc) is 2.99. The highest BCUT2D eigenvalue weighted by molar-refractivity contribution is 5.97. The van der Waals surface area contributed by atoms with Crippen molar-refractivity contribution < 1.29 is 4.79 Å². The number of rotatable bonds is 3. The van der Waals surface area contributed by atoms with Crippen molar-refractivity contribution in [3.8, 4) is 0 Å². The maximum absolute atomic E-state index is 12.5. The molecule has 1 N–H and O–H groups in total. The van der Waals surface area contributed by atoms with Gasteiger partial charge in [-0.2, -0.15) is 0 Å². The Kier molecular flexibility index (Phi) is 3.73. The summed E-state index contributed by atoms with van der Waals surface area (Å²) in [4.78, 5) is 29.1. The van der Waals surface area contributed by atoms with Crippen LogP contribution in [0.4, 0.5) is 0 Å². The SMILES string of the molecule is CCn1c(=O)c(C(=O)NC2CCCC2)cc2cccnc21. The number of fused-ring (bicyclic) bond motifs is 1. The van der Waals surface area contributed by atoms with Crippen LogP contribution in [0.2, 0.25) is 0 Å². The Morgan fingerprint density at radius 1 is 1.43 bits per heavy atom. The van der Waals surface area contributed by atoms with Crippen LogP contribution in [0.25, 0.3) is 11.0 Å². The minimum Gasteiger partial charge on any atom is -0.349 e. The summed E-state index contributed by atoms with van der Waals surface area (Å²) in [6.07, 6.45) is 5.95. The summed E-state index contributed by atoms with van der Waals surface area (Å²) in [5.41, 5.74) is 0.575. The Hall–Kier alpha value is -2.17. The van der Waals surface area contributed by atoms with Crippen LogP contribution in [0, 0.1) is 0 Å². The number of nitrogens with zero attached hydrogens (tertiary/aromatic N) is 2. The van der Waals surface area contributed by atoms with Crippen LogP contribution >= 0.6 is 0 Å². The Morgan fingerprint density at radius 3 is 2.90 bits per heavy atom. The van der Waals surface area contributed by atoms with E-state index in [-0.39, 0.29) is 23.1 Å². The van der Waals surface area contributed by atoms with Gasteiger partial charge in [-0.1, -0.05) is 12.8 Å². The molecule has 0 bridgehead atoms. The smallest absolute Gasteiger partial charge is 0.265 e. The molecule has 0 spiro atoms. The first-order chi connectivity index (χ1) is 10.2. The third-order valence-electron chi connectivity index (χ3n) is 4.10. The molecule has 110 valence electrons. The second-order valence-corrected chi connectivity index (χ2v) is 5.48. The van der Waals surface area contributed by atoms with Gasteiger partial charge in [-0.3, -0.25) is 14.2 Å². The highest BCUT2D eigenvalue weighted by Crippen LogP contribution is 2.18. The molecule has 0 aliphatic heterocycles. The molecule has 0 atom stereocenters. The van der Waals surface area contributed by atoms with E-state index in [0.29, 0.717) is 12.2 Å².